The topological polar surface area (TPSA) is 108 Å². The number of nitrogens with two attached hydrogens (primary N) is 1. The second kappa shape index (κ2) is 14.1. The number of morpholine rings is 2. The Morgan fingerprint density at radius 2 is 1.82 bits per heavy atom. The summed E-state index contributed by atoms with van der Waals surface area (Å²) in [6.07, 6.45) is 6.25. The third-order valence-corrected chi connectivity index (χ3v) is 8.25. The van der Waals surface area contributed by atoms with Crippen molar-refractivity contribution < 1.29 is 28.7 Å². The van der Waals surface area contributed by atoms with Gasteiger partial charge >= 0.3 is 0 Å². The monoisotopic (exact) mass is 722 g/mol. The van der Waals surface area contributed by atoms with Crippen molar-refractivity contribution in [2.45, 2.75) is 24.3 Å². The normalized spacial score (nSPS) is 27.0. The summed E-state index contributed by atoms with van der Waals surface area (Å²) in [4.78, 5) is 27.6. The number of β-lactam (4-membered cyclic amide) rings is 1. The minimum absolute atomic E-state index is 0. The first-order valence-corrected chi connectivity index (χ1v) is 12.6. The van der Waals surface area contributed by atoms with E-state index in [0.717, 1.165) is 83.1 Å². The molecule has 0 saturated carbocycles. The second-order valence-corrected chi connectivity index (χ2v) is 10.1. The standard InChI is InChI=1S/C22H34N4O5S.2HI/c23-18-20(27)25-19(22(28)29)17(16-32-21(18)25)4-3-9-26(10-14-31-15-11-26)8-2-1-5-24-6-12-30-13-7-24;;/h3-4,18,21H,1-2,5-16,23H2;2*1H/b4-3+;;/t18-,21-;;/m1../s1. The van der Waals surface area contributed by atoms with Crippen LogP contribution in [0.2, 0.25) is 0 Å². The van der Waals surface area contributed by atoms with Crippen molar-refractivity contribution in [3.05, 3.63) is 23.4 Å². The number of carboxylic acids is 1. The zero-order valence-electron chi connectivity index (χ0n) is 19.4. The third kappa shape index (κ3) is 7.07. The number of allylic oxidation sites excluding steroid dienone is 1. The summed E-state index contributed by atoms with van der Waals surface area (Å²) in [7, 11) is 0. The van der Waals surface area contributed by atoms with Gasteiger partial charge in [-0.15, -0.1) is 59.7 Å². The van der Waals surface area contributed by atoms with Gasteiger partial charge in [-0.1, -0.05) is 6.08 Å². The number of rotatable bonds is 9. The van der Waals surface area contributed by atoms with Gasteiger partial charge in [-0.25, -0.2) is 0 Å². The first-order chi connectivity index (χ1) is 15.5. The van der Waals surface area contributed by atoms with Crippen molar-refractivity contribution in [3.8, 4) is 0 Å². The molecule has 1 amide bonds. The number of carboxylic acid groups (broad SMARTS) is 1. The summed E-state index contributed by atoms with van der Waals surface area (Å²) in [5.41, 5.74) is 6.43. The van der Waals surface area contributed by atoms with E-state index < -0.39 is 12.0 Å². The summed E-state index contributed by atoms with van der Waals surface area (Å²) in [5.74, 6) is -1.14. The van der Waals surface area contributed by atoms with E-state index in [2.05, 4.69) is 11.0 Å². The highest BCUT2D eigenvalue weighted by Gasteiger charge is 2.49. The lowest BCUT2D eigenvalue weighted by Gasteiger charge is -2.49. The number of fused-ring (bicyclic) bond motifs is 1. The number of aliphatic carboxylic acids is 1. The van der Waals surface area contributed by atoms with Crippen LogP contribution in [-0.2, 0) is 19.1 Å². The van der Waals surface area contributed by atoms with Gasteiger partial charge in [0.15, 0.2) is 0 Å². The van der Waals surface area contributed by atoms with Gasteiger partial charge in [-0.05, 0) is 31.0 Å². The zero-order chi connectivity index (χ0) is 22.6. The van der Waals surface area contributed by atoms with E-state index in [9.17, 15) is 14.7 Å². The SMILES string of the molecule is I.I.N[C@@H]1C(=O)N2C(C(=O)[O-])=C(/C=C/C[N+]3(CCCCN4CCOCC4)CCOCC3)CS[C@H]12. The van der Waals surface area contributed by atoms with E-state index in [1.165, 1.54) is 23.1 Å². The molecule has 3 fully saturated rings. The Morgan fingerprint density at radius 1 is 1.15 bits per heavy atom. The predicted octanol–water partition coefficient (Wildman–Crippen LogP) is -0.0156. The molecule has 0 radical (unpaired) electrons. The maximum atomic E-state index is 12.1. The first-order valence-electron chi connectivity index (χ1n) is 11.5. The summed E-state index contributed by atoms with van der Waals surface area (Å²) >= 11 is 1.51. The summed E-state index contributed by atoms with van der Waals surface area (Å²) in [6.45, 7) is 10.2. The number of amides is 1. The molecule has 4 aliphatic heterocycles. The van der Waals surface area contributed by atoms with Crippen LogP contribution in [0.15, 0.2) is 23.4 Å². The molecule has 0 aromatic carbocycles. The van der Waals surface area contributed by atoms with Crippen molar-refractivity contribution in [1.29, 1.82) is 0 Å². The van der Waals surface area contributed by atoms with Gasteiger partial charge in [-0.2, -0.15) is 0 Å². The molecule has 4 heterocycles. The molecular formula is C22H36I2N4O5S. The molecule has 0 aromatic rings. The number of halogens is 2. The van der Waals surface area contributed by atoms with E-state index in [4.69, 9.17) is 15.2 Å². The molecule has 0 spiro atoms. The highest BCUT2D eigenvalue weighted by molar-refractivity contribution is 14.0. The van der Waals surface area contributed by atoms with E-state index in [0.29, 0.717) is 11.3 Å². The Bertz CT molecular complexity index is 772. The van der Waals surface area contributed by atoms with E-state index in [-0.39, 0.29) is 64.9 Å². The Balaban J connectivity index is 0.00000204. The van der Waals surface area contributed by atoms with Crippen molar-refractivity contribution in [1.82, 2.24) is 9.80 Å². The average molecular weight is 722 g/mol. The van der Waals surface area contributed by atoms with Crippen LogP contribution in [0, 0.1) is 0 Å². The van der Waals surface area contributed by atoms with Crippen molar-refractivity contribution >= 4 is 71.6 Å². The van der Waals surface area contributed by atoms with Crippen molar-refractivity contribution in [3.63, 3.8) is 0 Å². The molecule has 0 aliphatic carbocycles. The molecule has 4 aliphatic rings. The highest BCUT2D eigenvalue weighted by atomic mass is 127. The van der Waals surface area contributed by atoms with E-state index in [1.54, 1.807) is 0 Å². The maximum Gasteiger partial charge on any atom is 0.248 e. The fourth-order valence-corrected chi connectivity index (χ4v) is 6.18. The fourth-order valence-electron chi connectivity index (χ4n) is 4.91. The van der Waals surface area contributed by atoms with Gasteiger partial charge in [-0.3, -0.25) is 14.6 Å². The Labute approximate surface area is 240 Å². The Kier molecular flexibility index (Phi) is 12.5. The molecule has 2 N–H and O–H groups in total. The van der Waals surface area contributed by atoms with Crippen LogP contribution >= 0.6 is 59.7 Å². The lowest BCUT2D eigenvalue weighted by atomic mass is 10.0. The number of hydrogen-bond acceptors (Lipinski definition) is 8. The number of quaternary nitrogens is 1. The number of ether oxygens (including phenoxy) is 2. The van der Waals surface area contributed by atoms with Crippen molar-refractivity contribution in [2.24, 2.45) is 5.73 Å². The van der Waals surface area contributed by atoms with Crippen LogP contribution in [0.5, 0.6) is 0 Å². The molecule has 9 nitrogen and oxygen atoms in total. The largest absolute Gasteiger partial charge is 0.543 e. The molecular weight excluding hydrogens is 686 g/mol. The minimum Gasteiger partial charge on any atom is -0.543 e. The molecule has 0 aromatic heterocycles. The number of carbonyl (C=O) groups excluding carboxylic acids is 2. The third-order valence-electron chi connectivity index (χ3n) is 6.92. The summed E-state index contributed by atoms with van der Waals surface area (Å²) in [5, 5.41) is 11.5. The van der Waals surface area contributed by atoms with Crippen LogP contribution < -0.4 is 10.8 Å². The van der Waals surface area contributed by atoms with Gasteiger partial charge in [0.1, 0.15) is 24.5 Å². The molecule has 3 saturated heterocycles. The van der Waals surface area contributed by atoms with Crippen LogP contribution in [0.3, 0.4) is 0 Å². The highest BCUT2D eigenvalue weighted by Crippen LogP contribution is 2.39. The second-order valence-electron chi connectivity index (χ2n) is 8.97. The van der Waals surface area contributed by atoms with E-state index >= 15 is 0 Å². The van der Waals surface area contributed by atoms with E-state index in [1.807, 2.05) is 6.08 Å². The molecule has 2 atom stereocenters. The number of carbonyl (C=O) groups is 2. The lowest BCUT2D eigenvalue weighted by Crippen LogP contribution is -2.69. The first kappa shape index (κ1) is 30.3. The smallest absolute Gasteiger partial charge is 0.248 e. The minimum atomic E-state index is -1.31. The number of nitrogens with zero attached hydrogens (tertiary/aromatic N) is 3. The average Bonchev–Trinajstić information content (AvgIpc) is 2.82. The van der Waals surface area contributed by atoms with Gasteiger partial charge in [0.25, 0.3) is 0 Å². The lowest BCUT2D eigenvalue weighted by molar-refractivity contribution is -0.930. The predicted molar refractivity (Wildman–Crippen MR) is 150 cm³/mol. The molecule has 4 rings (SSSR count). The van der Waals surface area contributed by atoms with Crippen LogP contribution in [0.4, 0.5) is 0 Å². The molecule has 34 heavy (non-hydrogen) atoms. The number of unbranched alkanes of at least 4 members (excludes halogenated alkanes) is 1. The van der Waals surface area contributed by atoms with Gasteiger partial charge in [0.2, 0.25) is 5.91 Å². The fraction of sp³-hybridized carbons (Fsp3) is 0.727. The number of thioether (sulfide) groups is 1. The molecule has 0 unspecified atom stereocenters. The van der Waals surface area contributed by atoms with Gasteiger partial charge in [0, 0.05) is 18.8 Å². The summed E-state index contributed by atoms with van der Waals surface area (Å²) in [6, 6.07) is -0.625. The molecule has 12 heteroatoms. The Hall–Kier alpha value is 0.0300. The number of hydrogen-bond donors (Lipinski definition) is 1. The van der Waals surface area contributed by atoms with Crippen LogP contribution in [0.1, 0.15) is 12.8 Å². The molecule has 0 bridgehead atoms. The van der Waals surface area contributed by atoms with Crippen LogP contribution in [-0.4, -0.2) is 116 Å². The summed E-state index contributed by atoms with van der Waals surface area (Å²) < 4.78 is 12.0. The zero-order valence-corrected chi connectivity index (χ0v) is 24.9. The van der Waals surface area contributed by atoms with Crippen LogP contribution in [0.25, 0.3) is 0 Å². The van der Waals surface area contributed by atoms with Gasteiger partial charge < -0.3 is 29.6 Å². The van der Waals surface area contributed by atoms with Crippen molar-refractivity contribution in [2.75, 3.05) is 78.0 Å². The molecule has 194 valence electrons. The Morgan fingerprint density at radius 3 is 2.50 bits per heavy atom. The van der Waals surface area contributed by atoms with Gasteiger partial charge in [0.05, 0.1) is 51.2 Å². The quantitative estimate of drug-likeness (QED) is 0.153. The maximum absolute atomic E-state index is 12.1.